The van der Waals surface area contributed by atoms with Crippen LogP contribution < -0.4 is 10.1 Å². The van der Waals surface area contributed by atoms with E-state index in [0.29, 0.717) is 18.8 Å². The topological polar surface area (TPSA) is 58.6 Å². The highest BCUT2D eigenvalue weighted by Crippen LogP contribution is 2.21. The van der Waals surface area contributed by atoms with Crippen LogP contribution >= 0.6 is 0 Å². The second-order valence-electron chi connectivity index (χ2n) is 6.31. The molecule has 0 bridgehead atoms. The Morgan fingerprint density at radius 3 is 2.44 bits per heavy atom. The minimum absolute atomic E-state index is 0.0195. The van der Waals surface area contributed by atoms with E-state index < -0.39 is 6.10 Å². The first-order chi connectivity index (χ1) is 12.0. The van der Waals surface area contributed by atoms with Crippen LogP contribution in [0, 0.1) is 6.92 Å². The fourth-order valence-corrected chi connectivity index (χ4v) is 2.87. The largest absolute Gasteiger partial charge is 0.481 e. The fourth-order valence-electron chi connectivity index (χ4n) is 2.87. The van der Waals surface area contributed by atoms with E-state index in [2.05, 4.69) is 5.32 Å². The molecule has 1 aliphatic heterocycles. The van der Waals surface area contributed by atoms with Crippen molar-refractivity contribution in [2.24, 2.45) is 0 Å². The van der Waals surface area contributed by atoms with E-state index in [1.54, 1.807) is 11.8 Å². The number of nitrogens with one attached hydrogen (secondary N) is 1. The van der Waals surface area contributed by atoms with Gasteiger partial charge in [-0.2, -0.15) is 0 Å². The number of nitrogens with zero attached hydrogens (tertiary/aromatic N) is 1. The summed E-state index contributed by atoms with van der Waals surface area (Å²) in [5, 5.41) is 2.67. The maximum atomic E-state index is 12.3. The van der Waals surface area contributed by atoms with Gasteiger partial charge in [0.25, 0.3) is 5.91 Å². The monoisotopic (exact) mass is 338 g/mol. The Labute approximate surface area is 147 Å². The molecule has 0 saturated heterocycles. The number of fused-ring (bicyclic) bond motifs is 1. The lowest BCUT2D eigenvalue weighted by atomic mass is 10.1. The number of carbonyl (C=O) groups is 2. The SMILES string of the molecule is Cc1cccc(O[C@@H](C)C(=O)NCC(=O)N2Cc3ccccc3C2)c1. The lowest BCUT2D eigenvalue weighted by Crippen LogP contribution is -2.42. The van der Waals surface area contributed by atoms with E-state index in [1.165, 1.54) is 11.1 Å². The average molecular weight is 338 g/mol. The Kier molecular flexibility index (Phi) is 5.03. The highest BCUT2D eigenvalue weighted by molar-refractivity contribution is 5.87. The zero-order valence-corrected chi connectivity index (χ0v) is 14.5. The summed E-state index contributed by atoms with van der Waals surface area (Å²) in [5.41, 5.74) is 3.39. The Hall–Kier alpha value is -2.82. The van der Waals surface area contributed by atoms with Gasteiger partial charge in [-0.25, -0.2) is 0 Å². The smallest absolute Gasteiger partial charge is 0.261 e. The number of benzene rings is 2. The third kappa shape index (κ3) is 4.18. The van der Waals surface area contributed by atoms with Gasteiger partial charge in [0.15, 0.2) is 6.10 Å². The number of rotatable bonds is 5. The van der Waals surface area contributed by atoms with Gasteiger partial charge in [0, 0.05) is 13.1 Å². The molecule has 2 aromatic carbocycles. The maximum Gasteiger partial charge on any atom is 0.261 e. The van der Waals surface area contributed by atoms with Gasteiger partial charge in [-0.15, -0.1) is 0 Å². The number of ether oxygens (including phenoxy) is 1. The minimum atomic E-state index is -0.662. The molecule has 0 saturated carbocycles. The normalized spacial score (nSPS) is 13.9. The first kappa shape index (κ1) is 17.0. The molecule has 0 aromatic heterocycles. The zero-order chi connectivity index (χ0) is 17.8. The van der Waals surface area contributed by atoms with E-state index in [0.717, 1.165) is 5.56 Å². The van der Waals surface area contributed by atoms with Gasteiger partial charge in [-0.1, -0.05) is 36.4 Å². The van der Waals surface area contributed by atoms with Gasteiger partial charge in [0.05, 0.1) is 6.54 Å². The van der Waals surface area contributed by atoms with Gasteiger partial charge in [0.2, 0.25) is 5.91 Å². The summed E-state index contributed by atoms with van der Waals surface area (Å²) in [6.07, 6.45) is -0.662. The van der Waals surface area contributed by atoms with Crippen molar-refractivity contribution < 1.29 is 14.3 Å². The van der Waals surface area contributed by atoms with Crippen molar-refractivity contribution >= 4 is 11.8 Å². The van der Waals surface area contributed by atoms with Gasteiger partial charge >= 0.3 is 0 Å². The Morgan fingerprint density at radius 2 is 1.80 bits per heavy atom. The molecule has 0 unspecified atom stereocenters. The van der Waals surface area contributed by atoms with Crippen molar-refractivity contribution in [1.29, 1.82) is 0 Å². The van der Waals surface area contributed by atoms with E-state index >= 15 is 0 Å². The molecule has 3 rings (SSSR count). The Bertz CT molecular complexity index is 763. The third-order valence-electron chi connectivity index (χ3n) is 4.28. The molecule has 0 aliphatic carbocycles. The second kappa shape index (κ2) is 7.38. The summed E-state index contributed by atoms with van der Waals surface area (Å²) in [6, 6.07) is 15.5. The molecule has 2 aromatic rings. The van der Waals surface area contributed by atoms with Crippen LogP contribution in [0.2, 0.25) is 0 Å². The number of amides is 2. The molecular formula is C20H22N2O3. The maximum absolute atomic E-state index is 12.3. The molecule has 1 atom stereocenters. The van der Waals surface area contributed by atoms with Crippen molar-refractivity contribution in [3.05, 3.63) is 65.2 Å². The van der Waals surface area contributed by atoms with Crippen LogP contribution in [0.5, 0.6) is 5.75 Å². The van der Waals surface area contributed by atoms with Crippen LogP contribution in [0.15, 0.2) is 48.5 Å². The number of aryl methyl sites for hydroxylation is 1. The molecule has 0 spiro atoms. The van der Waals surface area contributed by atoms with Crippen LogP contribution in [0.3, 0.4) is 0 Å². The van der Waals surface area contributed by atoms with Gasteiger partial charge in [0.1, 0.15) is 5.75 Å². The van der Waals surface area contributed by atoms with E-state index in [4.69, 9.17) is 4.74 Å². The zero-order valence-electron chi connectivity index (χ0n) is 14.5. The van der Waals surface area contributed by atoms with Gasteiger partial charge in [-0.05, 0) is 42.7 Å². The number of hydrogen-bond acceptors (Lipinski definition) is 3. The fraction of sp³-hybridized carbons (Fsp3) is 0.300. The highest BCUT2D eigenvalue weighted by Gasteiger charge is 2.24. The third-order valence-corrected chi connectivity index (χ3v) is 4.28. The van der Waals surface area contributed by atoms with E-state index in [-0.39, 0.29) is 18.4 Å². The summed E-state index contributed by atoms with van der Waals surface area (Å²) >= 11 is 0. The molecule has 0 radical (unpaired) electrons. The first-order valence-electron chi connectivity index (χ1n) is 8.38. The molecule has 2 amide bonds. The van der Waals surface area contributed by atoms with Crippen molar-refractivity contribution in [3.63, 3.8) is 0 Å². The van der Waals surface area contributed by atoms with Crippen LogP contribution in [-0.2, 0) is 22.7 Å². The second-order valence-corrected chi connectivity index (χ2v) is 6.31. The number of hydrogen-bond donors (Lipinski definition) is 1. The number of carbonyl (C=O) groups excluding carboxylic acids is 2. The first-order valence-corrected chi connectivity index (χ1v) is 8.38. The van der Waals surface area contributed by atoms with Crippen LogP contribution in [0.1, 0.15) is 23.6 Å². The molecule has 5 nitrogen and oxygen atoms in total. The predicted molar refractivity (Wildman–Crippen MR) is 95.0 cm³/mol. The highest BCUT2D eigenvalue weighted by atomic mass is 16.5. The lowest BCUT2D eigenvalue weighted by Gasteiger charge is -2.18. The van der Waals surface area contributed by atoms with Crippen molar-refractivity contribution in [2.45, 2.75) is 33.0 Å². The summed E-state index contributed by atoms with van der Waals surface area (Å²) < 4.78 is 5.63. The van der Waals surface area contributed by atoms with Gasteiger partial charge in [-0.3, -0.25) is 9.59 Å². The summed E-state index contributed by atoms with van der Waals surface area (Å²) in [6.45, 7) is 4.81. The molecule has 1 N–H and O–H groups in total. The molecule has 25 heavy (non-hydrogen) atoms. The molecule has 130 valence electrons. The predicted octanol–water partition coefficient (Wildman–Crippen LogP) is 2.42. The summed E-state index contributed by atoms with van der Waals surface area (Å²) in [7, 11) is 0. The van der Waals surface area contributed by atoms with Crippen molar-refractivity contribution in [3.8, 4) is 5.75 Å². The Morgan fingerprint density at radius 1 is 1.12 bits per heavy atom. The summed E-state index contributed by atoms with van der Waals surface area (Å²) in [4.78, 5) is 26.2. The standard InChI is InChI=1S/C20H22N2O3/c1-14-6-5-9-18(10-14)25-15(2)20(24)21-11-19(23)22-12-16-7-3-4-8-17(16)13-22/h3-10,15H,11-13H2,1-2H3,(H,21,24)/t15-/m0/s1. The lowest BCUT2D eigenvalue weighted by molar-refractivity contribution is -0.135. The summed E-state index contributed by atoms with van der Waals surface area (Å²) in [5.74, 6) is 0.253. The van der Waals surface area contributed by atoms with Crippen LogP contribution in [0.4, 0.5) is 0 Å². The molecule has 1 heterocycles. The van der Waals surface area contributed by atoms with E-state index in [1.807, 2.05) is 55.5 Å². The van der Waals surface area contributed by atoms with Gasteiger partial charge < -0.3 is 15.0 Å². The van der Waals surface area contributed by atoms with Crippen LogP contribution in [-0.4, -0.2) is 29.4 Å². The molecule has 0 fully saturated rings. The molecule has 1 aliphatic rings. The van der Waals surface area contributed by atoms with E-state index in [9.17, 15) is 9.59 Å². The average Bonchev–Trinajstić information content (AvgIpc) is 3.03. The Balaban J connectivity index is 1.48. The quantitative estimate of drug-likeness (QED) is 0.911. The minimum Gasteiger partial charge on any atom is -0.481 e. The van der Waals surface area contributed by atoms with Crippen molar-refractivity contribution in [1.82, 2.24) is 10.2 Å². The van der Waals surface area contributed by atoms with Crippen molar-refractivity contribution in [2.75, 3.05) is 6.54 Å². The van der Waals surface area contributed by atoms with Crippen LogP contribution in [0.25, 0.3) is 0 Å². The molecular weight excluding hydrogens is 316 g/mol. The molecule has 5 heteroatoms.